The SMILES string of the molecule is Cc1cc(C)c(C(C)NC(=O)C(C)N(c2ccc3c(c2)OCCO3)S(C)(=O)=O)cc1C. The molecule has 0 saturated carbocycles. The summed E-state index contributed by atoms with van der Waals surface area (Å²) in [6.45, 7) is 10.4. The van der Waals surface area contributed by atoms with Gasteiger partial charge < -0.3 is 14.8 Å². The number of hydrogen-bond acceptors (Lipinski definition) is 5. The maximum atomic E-state index is 13.1. The van der Waals surface area contributed by atoms with E-state index in [4.69, 9.17) is 9.47 Å². The second-order valence-electron chi connectivity index (χ2n) is 8.09. The van der Waals surface area contributed by atoms with Gasteiger partial charge in [-0.25, -0.2) is 8.42 Å². The summed E-state index contributed by atoms with van der Waals surface area (Å²) in [6.07, 6.45) is 1.09. The molecule has 0 spiro atoms. The van der Waals surface area contributed by atoms with Gasteiger partial charge in [-0.1, -0.05) is 12.1 Å². The van der Waals surface area contributed by atoms with E-state index in [1.807, 2.05) is 20.8 Å². The minimum absolute atomic E-state index is 0.268. The number of nitrogens with one attached hydrogen (secondary N) is 1. The van der Waals surface area contributed by atoms with E-state index in [9.17, 15) is 13.2 Å². The topological polar surface area (TPSA) is 84.9 Å². The van der Waals surface area contributed by atoms with Crippen LogP contribution in [0.25, 0.3) is 0 Å². The summed E-state index contributed by atoms with van der Waals surface area (Å²) < 4.78 is 37.4. The van der Waals surface area contributed by atoms with Crippen molar-refractivity contribution in [2.24, 2.45) is 0 Å². The number of ether oxygens (including phenoxy) is 2. The zero-order chi connectivity index (χ0) is 22.9. The molecule has 8 heteroatoms. The number of carbonyl (C=O) groups excluding carboxylic acids is 1. The van der Waals surface area contributed by atoms with Gasteiger partial charge in [0.15, 0.2) is 11.5 Å². The molecule has 2 atom stereocenters. The standard InChI is InChI=1S/C23H30N2O5S/c1-14-11-16(3)20(12-15(14)2)17(4)24-23(26)18(5)25(31(6,27)28)19-7-8-21-22(13-19)30-10-9-29-21/h7-8,11-13,17-18H,9-10H2,1-6H3,(H,24,26). The maximum Gasteiger partial charge on any atom is 0.244 e. The van der Waals surface area contributed by atoms with E-state index < -0.39 is 16.1 Å². The quantitative estimate of drug-likeness (QED) is 0.735. The summed E-state index contributed by atoms with van der Waals surface area (Å²) in [4.78, 5) is 13.1. The Kier molecular flexibility index (Phi) is 6.50. The summed E-state index contributed by atoms with van der Waals surface area (Å²) in [5, 5.41) is 2.97. The van der Waals surface area contributed by atoms with Crippen molar-refractivity contribution < 1.29 is 22.7 Å². The minimum Gasteiger partial charge on any atom is -0.486 e. The van der Waals surface area contributed by atoms with Gasteiger partial charge in [0, 0.05) is 6.07 Å². The second kappa shape index (κ2) is 8.78. The Labute approximate surface area is 184 Å². The highest BCUT2D eigenvalue weighted by Crippen LogP contribution is 2.35. The van der Waals surface area contributed by atoms with Crippen molar-refractivity contribution in [2.45, 2.75) is 46.7 Å². The van der Waals surface area contributed by atoms with Crippen molar-refractivity contribution in [3.8, 4) is 11.5 Å². The number of aryl methyl sites for hydroxylation is 3. The van der Waals surface area contributed by atoms with Crippen molar-refractivity contribution in [3.05, 3.63) is 52.6 Å². The van der Waals surface area contributed by atoms with Crippen LogP contribution in [0.4, 0.5) is 5.69 Å². The number of rotatable bonds is 6. The normalized spacial score (nSPS) is 15.2. The molecule has 1 amide bonds. The number of amides is 1. The molecule has 1 N–H and O–H groups in total. The van der Waals surface area contributed by atoms with Gasteiger partial charge in [0.05, 0.1) is 18.0 Å². The lowest BCUT2D eigenvalue weighted by Crippen LogP contribution is -2.48. The molecule has 168 valence electrons. The van der Waals surface area contributed by atoms with Crippen molar-refractivity contribution in [1.29, 1.82) is 0 Å². The molecule has 0 radical (unpaired) electrons. The average molecular weight is 447 g/mol. The predicted molar refractivity (Wildman–Crippen MR) is 121 cm³/mol. The largest absolute Gasteiger partial charge is 0.486 e. The van der Waals surface area contributed by atoms with Crippen molar-refractivity contribution in [2.75, 3.05) is 23.8 Å². The Morgan fingerprint density at radius 3 is 2.23 bits per heavy atom. The molecule has 1 aliphatic heterocycles. The molecular weight excluding hydrogens is 416 g/mol. The van der Waals surface area contributed by atoms with E-state index in [0.717, 1.165) is 27.3 Å². The van der Waals surface area contributed by atoms with Crippen LogP contribution in [0, 0.1) is 20.8 Å². The predicted octanol–water partition coefficient (Wildman–Crippen LogP) is 3.41. The first kappa shape index (κ1) is 22.9. The van der Waals surface area contributed by atoms with Crippen LogP contribution in [0.2, 0.25) is 0 Å². The summed E-state index contributed by atoms with van der Waals surface area (Å²) >= 11 is 0. The van der Waals surface area contributed by atoms with Crippen molar-refractivity contribution in [1.82, 2.24) is 5.32 Å². The molecule has 2 unspecified atom stereocenters. The number of nitrogens with zero attached hydrogens (tertiary/aromatic N) is 1. The van der Waals surface area contributed by atoms with Crippen LogP contribution in [0.3, 0.4) is 0 Å². The van der Waals surface area contributed by atoms with Gasteiger partial charge in [-0.2, -0.15) is 0 Å². The van der Waals surface area contributed by atoms with Crippen LogP contribution < -0.4 is 19.1 Å². The summed E-state index contributed by atoms with van der Waals surface area (Å²) in [7, 11) is -3.73. The van der Waals surface area contributed by atoms with Gasteiger partial charge in [-0.15, -0.1) is 0 Å². The lowest BCUT2D eigenvalue weighted by molar-refractivity contribution is -0.122. The van der Waals surface area contributed by atoms with E-state index in [1.165, 1.54) is 5.56 Å². The van der Waals surface area contributed by atoms with E-state index in [2.05, 4.69) is 24.4 Å². The first-order valence-electron chi connectivity index (χ1n) is 10.3. The lowest BCUT2D eigenvalue weighted by atomic mass is 9.96. The molecule has 0 aliphatic carbocycles. The third kappa shape index (κ3) is 4.95. The highest BCUT2D eigenvalue weighted by molar-refractivity contribution is 7.92. The van der Waals surface area contributed by atoms with Gasteiger partial charge in [0.1, 0.15) is 19.3 Å². The summed E-state index contributed by atoms with van der Waals surface area (Å²) in [5.74, 6) is 0.633. The maximum absolute atomic E-state index is 13.1. The highest BCUT2D eigenvalue weighted by atomic mass is 32.2. The fourth-order valence-electron chi connectivity index (χ4n) is 3.84. The van der Waals surface area contributed by atoms with Crippen molar-refractivity contribution in [3.63, 3.8) is 0 Å². The minimum atomic E-state index is -3.73. The Morgan fingerprint density at radius 1 is 0.968 bits per heavy atom. The number of benzene rings is 2. The molecule has 31 heavy (non-hydrogen) atoms. The Morgan fingerprint density at radius 2 is 1.58 bits per heavy atom. The average Bonchev–Trinajstić information content (AvgIpc) is 2.69. The molecule has 1 heterocycles. The van der Waals surface area contributed by atoms with E-state index in [1.54, 1.807) is 25.1 Å². The van der Waals surface area contributed by atoms with E-state index in [-0.39, 0.29) is 11.9 Å². The van der Waals surface area contributed by atoms with Crippen LogP contribution in [0.15, 0.2) is 30.3 Å². The Hall–Kier alpha value is -2.74. The Bertz CT molecular complexity index is 1100. The molecular formula is C23H30N2O5S. The third-order valence-corrected chi connectivity index (χ3v) is 6.82. The Balaban J connectivity index is 1.86. The second-order valence-corrected chi connectivity index (χ2v) is 9.95. The van der Waals surface area contributed by atoms with Gasteiger partial charge in [0.2, 0.25) is 15.9 Å². The number of carbonyl (C=O) groups is 1. The fourth-order valence-corrected chi connectivity index (χ4v) is 5.01. The highest BCUT2D eigenvalue weighted by Gasteiger charge is 2.31. The molecule has 0 saturated heterocycles. The first-order valence-corrected chi connectivity index (χ1v) is 12.1. The monoisotopic (exact) mass is 446 g/mol. The van der Waals surface area contributed by atoms with Crippen LogP contribution in [0.1, 0.15) is 42.1 Å². The lowest BCUT2D eigenvalue weighted by Gasteiger charge is -2.30. The van der Waals surface area contributed by atoms with E-state index in [0.29, 0.717) is 30.4 Å². The third-order valence-electron chi connectivity index (χ3n) is 5.58. The first-order chi connectivity index (χ1) is 14.5. The van der Waals surface area contributed by atoms with Crippen LogP contribution >= 0.6 is 0 Å². The molecule has 0 aromatic heterocycles. The number of anilines is 1. The number of sulfonamides is 1. The van der Waals surface area contributed by atoms with Crippen LogP contribution in [-0.4, -0.2) is 39.8 Å². The number of hydrogen-bond donors (Lipinski definition) is 1. The number of fused-ring (bicyclic) bond motifs is 1. The van der Waals surface area contributed by atoms with Gasteiger partial charge in [0.25, 0.3) is 0 Å². The van der Waals surface area contributed by atoms with Gasteiger partial charge in [-0.3, -0.25) is 9.10 Å². The molecule has 0 bridgehead atoms. The summed E-state index contributed by atoms with van der Waals surface area (Å²) in [5.41, 5.74) is 4.77. The molecule has 3 rings (SSSR count). The van der Waals surface area contributed by atoms with Gasteiger partial charge >= 0.3 is 0 Å². The fraction of sp³-hybridized carbons (Fsp3) is 0.435. The van der Waals surface area contributed by atoms with Crippen LogP contribution in [-0.2, 0) is 14.8 Å². The van der Waals surface area contributed by atoms with Crippen LogP contribution in [0.5, 0.6) is 11.5 Å². The molecule has 2 aromatic carbocycles. The smallest absolute Gasteiger partial charge is 0.244 e. The van der Waals surface area contributed by atoms with Crippen molar-refractivity contribution >= 4 is 21.6 Å². The molecule has 2 aromatic rings. The molecule has 1 aliphatic rings. The van der Waals surface area contributed by atoms with E-state index >= 15 is 0 Å². The zero-order valence-corrected chi connectivity index (χ0v) is 19.7. The molecule has 7 nitrogen and oxygen atoms in total. The zero-order valence-electron chi connectivity index (χ0n) is 18.9. The van der Waals surface area contributed by atoms with Gasteiger partial charge in [-0.05, 0) is 69.0 Å². The summed E-state index contributed by atoms with van der Waals surface area (Å²) in [6, 6.07) is 7.81. The molecule has 0 fully saturated rings.